The molecule has 0 aromatic heterocycles. The molecule has 1 aliphatic heterocycles. The molecule has 2 rings (SSSR count). The number of nitrogens with zero attached hydrogens (tertiary/aromatic N) is 2. The standard InChI is InChI=1S/C9H12N4/c1-8-3-2-4-9(5-8)6-13-7-10-11-12-13/h2-5,7,11-12H,6H2,1H3. The Kier molecular flexibility index (Phi) is 2.14. The van der Waals surface area contributed by atoms with E-state index in [1.807, 2.05) is 5.01 Å². The van der Waals surface area contributed by atoms with Crippen LogP contribution in [0.4, 0.5) is 0 Å². The lowest BCUT2D eigenvalue weighted by Gasteiger charge is -2.13. The van der Waals surface area contributed by atoms with Crippen LogP contribution in [0.15, 0.2) is 29.4 Å². The Morgan fingerprint density at radius 2 is 2.38 bits per heavy atom. The van der Waals surface area contributed by atoms with Crippen LogP contribution in [0.5, 0.6) is 0 Å². The second-order valence-corrected chi connectivity index (χ2v) is 3.09. The number of hydrogen-bond donors (Lipinski definition) is 2. The molecule has 0 atom stereocenters. The van der Waals surface area contributed by atoms with Crippen LogP contribution in [0.1, 0.15) is 11.1 Å². The van der Waals surface area contributed by atoms with Gasteiger partial charge in [0.1, 0.15) is 6.34 Å². The summed E-state index contributed by atoms with van der Waals surface area (Å²) in [4.78, 5) is 0. The van der Waals surface area contributed by atoms with E-state index >= 15 is 0 Å². The van der Waals surface area contributed by atoms with Gasteiger partial charge < -0.3 is 0 Å². The molecule has 0 amide bonds. The van der Waals surface area contributed by atoms with Crippen molar-refractivity contribution in [3.63, 3.8) is 0 Å². The van der Waals surface area contributed by atoms with Crippen molar-refractivity contribution in [2.24, 2.45) is 5.10 Å². The van der Waals surface area contributed by atoms with E-state index in [4.69, 9.17) is 0 Å². The third-order valence-electron chi connectivity index (χ3n) is 1.89. The smallest absolute Gasteiger partial charge is 0.128 e. The largest absolute Gasteiger partial charge is 0.273 e. The molecule has 0 aliphatic carbocycles. The summed E-state index contributed by atoms with van der Waals surface area (Å²) in [7, 11) is 0. The minimum Gasteiger partial charge on any atom is -0.273 e. The molecular formula is C9H12N4. The number of rotatable bonds is 2. The van der Waals surface area contributed by atoms with Crippen LogP contribution >= 0.6 is 0 Å². The highest BCUT2D eigenvalue weighted by molar-refractivity contribution is 5.55. The highest BCUT2D eigenvalue weighted by Gasteiger charge is 2.04. The molecule has 0 radical (unpaired) electrons. The Morgan fingerprint density at radius 1 is 1.46 bits per heavy atom. The highest BCUT2D eigenvalue weighted by atomic mass is 15.8. The Labute approximate surface area is 77.2 Å². The average molecular weight is 176 g/mol. The SMILES string of the molecule is Cc1cccc(CN2C=NNN2)c1. The van der Waals surface area contributed by atoms with Gasteiger partial charge in [-0.1, -0.05) is 29.8 Å². The molecule has 1 aliphatic rings. The number of benzene rings is 1. The number of aryl methyl sites for hydroxylation is 1. The zero-order chi connectivity index (χ0) is 9.10. The second-order valence-electron chi connectivity index (χ2n) is 3.09. The van der Waals surface area contributed by atoms with Gasteiger partial charge in [-0.15, -0.1) is 5.53 Å². The lowest BCUT2D eigenvalue weighted by atomic mass is 10.1. The van der Waals surface area contributed by atoms with Crippen molar-refractivity contribution in [2.45, 2.75) is 13.5 Å². The monoisotopic (exact) mass is 176 g/mol. The average Bonchev–Trinajstić information content (AvgIpc) is 2.57. The molecule has 0 unspecified atom stereocenters. The van der Waals surface area contributed by atoms with Crippen LogP contribution in [0.2, 0.25) is 0 Å². The van der Waals surface area contributed by atoms with E-state index in [2.05, 4.69) is 47.4 Å². The van der Waals surface area contributed by atoms with Gasteiger partial charge in [-0.05, 0) is 12.5 Å². The zero-order valence-electron chi connectivity index (χ0n) is 7.49. The van der Waals surface area contributed by atoms with E-state index in [1.54, 1.807) is 6.34 Å². The maximum Gasteiger partial charge on any atom is 0.128 e. The van der Waals surface area contributed by atoms with E-state index in [0.29, 0.717) is 0 Å². The van der Waals surface area contributed by atoms with Gasteiger partial charge in [-0.25, -0.2) is 5.53 Å². The first kappa shape index (κ1) is 8.07. The number of hydrazone groups is 1. The summed E-state index contributed by atoms with van der Waals surface area (Å²) < 4.78 is 0. The lowest BCUT2D eigenvalue weighted by molar-refractivity contribution is 0.293. The molecule has 1 aromatic carbocycles. The molecule has 0 saturated carbocycles. The molecule has 0 saturated heterocycles. The Balaban J connectivity index is 2.04. The van der Waals surface area contributed by atoms with E-state index in [0.717, 1.165) is 6.54 Å². The third kappa shape index (κ3) is 1.97. The predicted octanol–water partition coefficient (Wildman–Crippen LogP) is 0.763. The molecular weight excluding hydrogens is 164 g/mol. The quantitative estimate of drug-likeness (QED) is 0.699. The van der Waals surface area contributed by atoms with Crippen LogP contribution in [0, 0.1) is 6.92 Å². The fourth-order valence-electron chi connectivity index (χ4n) is 1.31. The zero-order valence-corrected chi connectivity index (χ0v) is 7.49. The normalized spacial score (nSPS) is 14.7. The molecule has 0 fully saturated rings. The summed E-state index contributed by atoms with van der Waals surface area (Å²) in [6.07, 6.45) is 1.72. The van der Waals surface area contributed by atoms with Crippen molar-refractivity contribution >= 4 is 6.34 Å². The Hall–Kier alpha value is -1.55. The van der Waals surface area contributed by atoms with E-state index < -0.39 is 0 Å². The van der Waals surface area contributed by atoms with Crippen LogP contribution < -0.4 is 11.1 Å². The van der Waals surface area contributed by atoms with E-state index in [9.17, 15) is 0 Å². The fourth-order valence-corrected chi connectivity index (χ4v) is 1.31. The van der Waals surface area contributed by atoms with Crippen molar-refractivity contribution in [3.05, 3.63) is 35.4 Å². The van der Waals surface area contributed by atoms with Gasteiger partial charge in [0.15, 0.2) is 0 Å². The second kappa shape index (κ2) is 3.45. The minimum absolute atomic E-state index is 0.818. The van der Waals surface area contributed by atoms with Crippen molar-refractivity contribution in [3.8, 4) is 0 Å². The maximum absolute atomic E-state index is 3.82. The molecule has 13 heavy (non-hydrogen) atoms. The summed E-state index contributed by atoms with van der Waals surface area (Å²) in [5.74, 6) is 0. The van der Waals surface area contributed by atoms with Crippen molar-refractivity contribution in [1.29, 1.82) is 0 Å². The van der Waals surface area contributed by atoms with E-state index in [1.165, 1.54) is 11.1 Å². The van der Waals surface area contributed by atoms with E-state index in [-0.39, 0.29) is 0 Å². The maximum atomic E-state index is 3.82. The lowest BCUT2D eigenvalue weighted by Crippen LogP contribution is -2.36. The third-order valence-corrected chi connectivity index (χ3v) is 1.89. The summed E-state index contributed by atoms with van der Waals surface area (Å²) in [6.45, 7) is 2.91. The summed E-state index contributed by atoms with van der Waals surface area (Å²) >= 11 is 0. The summed E-state index contributed by atoms with van der Waals surface area (Å²) in [6, 6.07) is 8.41. The number of hydrogen-bond acceptors (Lipinski definition) is 4. The van der Waals surface area contributed by atoms with Crippen molar-refractivity contribution in [2.75, 3.05) is 0 Å². The van der Waals surface area contributed by atoms with Crippen LogP contribution in [-0.4, -0.2) is 11.3 Å². The minimum atomic E-state index is 0.818. The van der Waals surface area contributed by atoms with Gasteiger partial charge in [0, 0.05) is 0 Å². The Bertz CT molecular complexity index is 321. The molecule has 1 aromatic rings. The predicted molar refractivity (Wildman–Crippen MR) is 51.5 cm³/mol. The van der Waals surface area contributed by atoms with Gasteiger partial charge in [-0.2, -0.15) is 5.10 Å². The van der Waals surface area contributed by atoms with Gasteiger partial charge in [-0.3, -0.25) is 5.01 Å². The molecule has 0 spiro atoms. The van der Waals surface area contributed by atoms with Gasteiger partial charge in [0.25, 0.3) is 0 Å². The molecule has 1 heterocycles. The van der Waals surface area contributed by atoms with Crippen LogP contribution in [-0.2, 0) is 6.54 Å². The first-order chi connectivity index (χ1) is 6.34. The van der Waals surface area contributed by atoms with Crippen LogP contribution in [0.3, 0.4) is 0 Å². The fraction of sp³-hybridized carbons (Fsp3) is 0.222. The van der Waals surface area contributed by atoms with Crippen molar-refractivity contribution < 1.29 is 0 Å². The molecule has 4 nitrogen and oxygen atoms in total. The first-order valence-electron chi connectivity index (χ1n) is 4.20. The topological polar surface area (TPSA) is 39.7 Å². The van der Waals surface area contributed by atoms with Crippen LogP contribution in [0.25, 0.3) is 0 Å². The van der Waals surface area contributed by atoms with Gasteiger partial charge in [0.05, 0.1) is 6.54 Å². The molecule has 2 N–H and O–H groups in total. The van der Waals surface area contributed by atoms with Crippen molar-refractivity contribution in [1.82, 2.24) is 16.1 Å². The summed E-state index contributed by atoms with van der Waals surface area (Å²) in [5.41, 5.74) is 8.08. The molecule has 4 heteroatoms. The molecule has 0 bridgehead atoms. The summed E-state index contributed by atoms with van der Waals surface area (Å²) in [5, 5.41) is 5.71. The van der Waals surface area contributed by atoms with Gasteiger partial charge >= 0.3 is 0 Å². The number of hydrazine groups is 2. The number of nitrogens with one attached hydrogen (secondary N) is 2. The highest BCUT2D eigenvalue weighted by Crippen LogP contribution is 2.05. The Morgan fingerprint density at radius 3 is 3.08 bits per heavy atom. The first-order valence-corrected chi connectivity index (χ1v) is 4.20. The molecule has 68 valence electrons. The van der Waals surface area contributed by atoms with Gasteiger partial charge in [0.2, 0.25) is 0 Å².